The number of fused-ring (bicyclic) bond motifs is 6. The number of rotatable bonds is 10. The third kappa shape index (κ3) is 11.4. The summed E-state index contributed by atoms with van der Waals surface area (Å²) in [5, 5.41) is 6.01. The van der Waals surface area contributed by atoms with Crippen molar-refractivity contribution < 1.29 is 44.8 Å². The Kier molecular flexibility index (Phi) is 19.0. The van der Waals surface area contributed by atoms with Crippen LogP contribution in [0.4, 0.5) is 0 Å². The summed E-state index contributed by atoms with van der Waals surface area (Å²) in [6.45, 7) is 0. The summed E-state index contributed by atoms with van der Waals surface area (Å²) < 4.78 is 0. The quantitative estimate of drug-likeness (QED) is 0.0554. The van der Waals surface area contributed by atoms with E-state index in [0.717, 1.165) is 11.1 Å². The summed E-state index contributed by atoms with van der Waals surface area (Å²) >= 11 is 0. The molecule has 0 heterocycles. The zero-order valence-corrected chi connectivity index (χ0v) is 51.8. The minimum Gasteiger partial charge on any atom is -0.366 e. The van der Waals surface area contributed by atoms with Gasteiger partial charge in [-0.2, -0.15) is 0 Å². The maximum atomic E-state index is 7.66. The molecule has 0 atom stereocenters. The molecule has 0 spiro atoms. The van der Waals surface area contributed by atoms with E-state index in [9.17, 15) is 0 Å². The van der Waals surface area contributed by atoms with Gasteiger partial charge in [-0.25, -0.2) is 0 Å². The maximum Gasteiger partial charge on any atom is 1.00 e. The summed E-state index contributed by atoms with van der Waals surface area (Å²) in [5.41, 5.74) is 15.9. The molecule has 12 aromatic rings. The largest absolute Gasteiger partial charge is 1.00 e. The van der Waals surface area contributed by atoms with Crippen LogP contribution in [-0.2, 0) is 55.6 Å². The van der Waals surface area contributed by atoms with E-state index >= 15 is 0 Å². The standard InChI is InChI=1S/2C27H17.C25H22P2.2Au/c1-2-20-17-18-26-24(19-20)23-15-9-10-16-25(23)27(26,21-11-5-3-6-12-21)22-13-7-4-8-14-22;1-2-20-17-18-24-23-15-9-10-16-25(23)27(26(24)19-20,21-11-5-3-6-12-21)22-13-7-4-8-14-22;1-5-13-22(14-6-1)26(23-15-7-2-8-16-23)21-27(24-17-9-3-10-18-24)25-19-11-4-12-20-25;;/h2*3-19H;1-20H,21H2;;/q2*-1;;2*+1/p+2. The van der Waals surface area contributed by atoms with Gasteiger partial charge in [0, 0.05) is 0 Å². The molecular formula is C79H58Au2P2+2. The minimum absolute atomic E-state index is 0. The van der Waals surface area contributed by atoms with Crippen LogP contribution in [0.2, 0.25) is 0 Å². The molecule has 2 aliphatic carbocycles. The van der Waals surface area contributed by atoms with Gasteiger partial charge in [0.15, 0.2) is 5.90 Å². The molecule has 0 aromatic heterocycles. The van der Waals surface area contributed by atoms with E-state index in [1.54, 1.807) is 0 Å². The van der Waals surface area contributed by atoms with Gasteiger partial charge in [0.25, 0.3) is 0 Å². The molecule has 0 N–H and O–H groups in total. The Morgan fingerprint density at radius 3 is 0.880 bits per heavy atom. The second kappa shape index (κ2) is 27.0. The Bertz CT molecular complexity index is 3910. The average Bonchev–Trinajstić information content (AvgIpc) is 2.11. The van der Waals surface area contributed by atoms with E-state index < -0.39 is 15.8 Å². The first kappa shape index (κ1) is 58.3. The predicted molar refractivity (Wildman–Crippen MR) is 346 cm³/mol. The van der Waals surface area contributed by atoms with E-state index in [-0.39, 0.29) is 55.6 Å². The van der Waals surface area contributed by atoms with Crippen molar-refractivity contribution in [2.45, 2.75) is 10.8 Å². The first-order chi connectivity index (χ1) is 40.1. The third-order valence-corrected chi connectivity index (χ3v) is 23.0. The fourth-order valence-electron chi connectivity index (χ4n) is 12.5. The Labute approximate surface area is 524 Å². The average molecular weight is 1460 g/mol. The van der Waals surface area contributed by atoms with Crippen LogP contribution in [0.1, 0.15) is 55.6 Å². The van der Waals surface area contributed by atoms with Crippen LogP contribution in [0.5, 0.6) is 0 Å². The number of benzene rings is 12. The van der Waals surface area contributed by atoms with E-state index in [2.05, 4.69) is 327 Å². The van der Waals surface area contributed by atoms with Crippen LogP contribution < -0.4 is 21.2 Å². The molecule has 0 unspecified atom stereocenters. The first-order valence-electron chi connectivity index (χ1n) is 27.6. The van der Waals surface area contributed by atoms with Crippen molar-refractivity contribution in [2.75, 3.05) is 5.90 Å². The van der Waals surface area contributed by atoms with Gasteiger partial charge in [-0.3, -0.25) is 11.8 Å². The van der Waals surface area contributed by atoms with E-state index in [0.29, 0.717) is 0 Å². The molecule has 0 saturated carbocycles. The van der Waals surface area contributed by atoms with Crippen LogP contribution in [0.3, 0.4) is 0 Å². The normalized spacial score (nSPS) is 12.3. The Balaban J connectivity index is 0.000000137. The van der Waals surface area contributed by atoms with Crippen molar-refractivity contribution in [3.05, 3.63) is 396 Å². The zero-order chi connectivity index (χ0) is 54.9. The second-order valence-electron chi connectivity index (χ2n) is 20.4. The molecule has 0 fully saturated rings. The summed E-state index contributed by atoms with van der Waals surface area (Å²) in [6, 6.07) is 117. The molecule has 0 aliphatic heterocycles. The molecule has 404 valence electrons. The van der Waals surface area contributed by atoms with Crippen LogP contribution in [0.15, 0.2) is 328 Å². The van der Waals surface area contributed by atoms with Gasteiger partial charge in [-0.15, -0.1) is 35.4 Å². The molecular weight excluding hydrogens is 1400 g/mol. The van der Waals surface area contributed by atoms with E-state index in [1.807, 2.05) is 12.1 Å². The molecule has 0 amide bonds. The summed E-state index contributed by atoms with van der Waals surface area (Å²) in [7, 11) is -1.69. The SMILES string of the molecule is [Au+].[Au+].[C-]#Cc1ccc2c(c1)-c1ccccc1C2(c1ccccc1)c1ccccc1.[C-]#Cc1ccc2c(c1)C(c1ccccc1)(c1ccccc1)c1ccccc1-2.c1ccc([PH+](C[PH+](c2ccccc2)c2ccccc2)c2ccccc2)cc1. The molecule has 4 heteroatoms. The topological polar surface area (TPSA) is 0 Å². The molecule has 0 saturated heterocycles. The minimum atomic E-state index is -0.847. The first-order valence-corrected chi connectivity index (χ1v) is 31.0. The van der Waals surface area contributed by atoms with Crippen molar-refractivity contribution in [1.29, 1.82) is 0 Å². The Hall–Kier alpha value is -7.90. The van der Waals surface area contributed by atoms with Gasteiger partial charge in [0.1, 0.15) is 37.1 Å². The maximum absolute atomic E-state index is 7.66. The fourth-order valence-corrected chi connectivity index (χ4v) is 20.3. The predicted octanol–water partition coefficient (Wildman–Crippen LogP) is 16.6. The van der Waals surface area contributed by atoms with Gasteiger partial charge >= 0.3 is 44.8 Å². The van der Waals surface area contributed by atoms with Crippen molar-refractivity contribution in [2.24, 2.45) is 0 Å². The smallest absolute Gasteiger partial charge is 0.366 e. The summed E-state index contributed by atoms with van der Waals surface area (Å²) in [5.74, 6) is 6.37. The molecule has 0 bridgehead atoms. The molecule has 0 radical (unpaired) electrons. The monoisotopic (exact) mass is 1460 g/mol. The van der Waals surface area contributed by atoms with Gasteiger partial charge in [0.2, 0.25) is 0 Å². The Morgan fingerprint density at radius 2 is 0.518 bits per heavy atom. The van der Waals surface area contributed by atoms with Crippen molar-refractivity contribution in [3.63, 3.8) is 0 Å². The molecule has 12 aromatic carbocycles. The van der Waals surface area contributed by atoms with Crippen molar-refractivity contribution in [1.82, 2.24) is 0 Å². The molecule has 2 aliphatic rings. The van der Waals surface area contributed by atoms with Gasteiger partial charge in [-0.05, 0) is 115 Å². The second-order valence-corrected chi connectivity index (χ2v) is 26.1. The van der Waals surface area contributed by atoms with E-state index in [4.69, 9.17) is 12.8 Å². The molecule has 14 rings (SSSR count). The van der Waals surface area contributed by atoms with Crippen molar-refractivity contribution in [3.8, 4) is 34.1 Å². The van der Waals surface area contributed by atoms with Crippen LogP contribution in [0, 0.1) is 24.7 Å². The Morgan fingerprint density at radius 1 is 0.253 bits per heavy atom. The summed E-state index contributed by atoms with van der Waals surface area (Å²) in [6.07, 6.45) is 15.2. The van der Waals surface area contributed by atoms with Crippen molar-refractivity contribution >= 4 is 37.1 Å². The van der Waals surface area contributed by atoms with Crippen LogP contribution in [-0.4, -0.2) is 5.90 Å². The van der Waals surface area contributed by atoms with Crippen LogP contribution >= 0.6 is 15.8 Å². The summed E-state index contributed by atoms with van der Waals surface area (Å²) in [4.78, 5) is 0. The number of hydrogen-bond acceptors (Lipinski definition) is 0. The fraction of sp³-hybridized carbons (Fsp3) is 0.0380. The molecule has 83 heavy (non-hydrogen) atoms. The van der Waals surface area contributed by atoms with Gasteiger partial charge in [0.05, 0.1) is 10.8 Å². The van der Waals surface area contributed by atoms with Gasteiger partial charge < -0.3 is 12.8 Å². The number of hydrogen-bond donors (Lipinski definition) is 0. The third-order valence-electron chi connectivity index (χ3n) is 16.0. The van der Waals surface area contributed by atoms with Gasteiger partial charge in [-0.1, -0.05) is 255 Å². The van der Waals surface area contributed by atoms with E-state index in [1.165, 1.54) is 93.9 Å². The molecule has 0 nitrogen and oxygen atoms in total. The van der Waals surface area contributed by atoms with Crippen LogP contribution in [0.25, 0.3) is 22.3 Å². The zero-order valence-electron chi connectivity index (χ0n) is 45.5.